The lowest BCUT2D eigenvalue weighted by Gasteiger charge is -2.31. The summed E-state index contributed by atoms with van der Waals surface area (Å²) in [5, 5.41) is 0. The molecule has 1 aliphatic rings. The first-order chi connectivity index (χ1) is 8.69. The van der Waals surface area contributed by atoms with Gasteiger partial charge in [0.25, 0.3) is 0 Å². The van der Waals surface area contributed by atoms with E-state index in [0.717, 1.165) is 12.4 Å². The van der Waals surface area contributed by atoms with Gasteiger partial charge in [-0.1, -0.05) is 53.7 Å². The lowest BCUT2D eigenvalue weighted by molar-refractivity contribution is 0.257. The Morgan fingerprint density at radius 2 is 1.74 bits per heavy atom. The molecule has 0 aliphatic carbocycles. The van der Waals surface area contributed by atoms with Crippen LogP contribution in [0, 0.1) is 0 Å². The Kier molecular flexibility index (Phi) is 3.65. The summed E-state index contributed by atoms with van der Waals surface area (Å²) in [5.74, 6) is 1.01. The van der Waals surface area contributed by atoms with Crippen molar-refractivity contribution in [1.29, 1.82) is 0 Å². The van der Waals surface area contributed by atoms with Gasteiger partial charge in [0.2, 0.25) is 0 Å². The quantitative estimate of drug-likeness (QED) is 0.766. The molecule has 1 saturated heterocycles. The SMILES string of the molecule is CC(C)(C)c1cccc(OCC2CO2)c1C(C)(C)C. The van der Waals surface area contributed by atoms with Crippen molar-refractivity contribution < 1.29 is 9.47 Å². The van der Waals surface area contributed by atoms with Crippen LogP contribution in [0.5, 0.6) is 5.75 Å². The number of benzene rings is 1. The Bertz CT molecular complexity index is 445. The fourth-order valence-corrected chi connectivity index (χ4v) is 2.40. The first kappa shape index (κ1) is 14.4. The third kappa shape index (κ3) is 3.50. The van der Waals surface area contributed by atoms with Gasteiger partial charge in [0, 0.05) is 5.56 Å². The van der Waals surface area contributed by atoms with Crippen molar-refractivity contribution in [3.05, 3.63) is 29.3 Å². The average molecular weight is 262 g/mol. The van der Waals surface area contributed by atoms with Crippen molar-refractivity contribution in [1.82, 2.24) is 0 Å². The normalized spacial score (nSPS) is 19.4. The molecular formula is C17H26O2. The molecule has 19 heavy (non-hydrogen) atoms. The third-order valence-corrected chi connectivity index (χ3v) is 3.41. The highest BCUT2D eigenvalue weighted by Crippen LogP contribution is 2.39. The second kappa shape index (κ2) is 4.82. The van der Waals surface area contributed by atoms with E-state index in [-0.39, 0.29) is 10.8 Å². The molecule has 1 heterocycles. The minimum atomic E-state index is 0.0730. The van der Waals surface area contributed by atoms with Crippen LogP contribution in [0.25, 0.3) is 0 Å². The molecule has 1 aromatic rings. The number of rotatable bonds is 3. The molecular weight excluding hydrogens is 236 g/mol. The summed E-state index contributed by atoms with van der Waals surface area (Å²) in [4.78, 5) is 0. The Balaban J connectivity index is 2.40. The Morgan fingerprint density at radius 3 is 2.21 bits per heavy atom. The molecule has 106 valence electrons. The summed E-state index contributed by atoms with van der Waals surface area (Å²) in [6, 6.07) is 6.40. The van der Waals surface area contributed by atoms with Gasteiger partial charge in [-0.25, -0.2) is 0 Å². The second-order valence-electron chi connectivity index (χ2n) is 7.45. The first-order valence-corrected chi connectivity index (χ1v) is 7.08. The zero-order valence-electron chi connectivity index (χ0n) is 13.0. The second-order valence-corrected chi connectivity index (χ2v) is 7.45. The van der Waals surface area contributed by atoms with Gasteiger partial charge in [-0.2, -0.15) is 0 Å². The van der Waals surface area contributed by atoms with Crippen molar-refractivity contribution in [3.8, 4) is 5.75 Å². The Labute approximate surface area is 117 Å². The summed E-state index contributed by atoms with van der Waals surface area (Å²) in [7, 11) is 0. The number of epoxide rings is 1. The van der Waals surface area contributed by atoms with E-state index in [9.17, 15) is 0 Å². The molecule has 0 amide bonds. The maximum absolute atomic E-state index is 6.00. The fraction of sp³-hybridized carbons (Fsp3) is 0.647. The topological polar surface area (TPSA) is 21.8 Å². The molecule has 1 aromatic carbocycles. The maximum Gasteiger partial charge on any atom is 0.123 e. The van der Waals surface area contributed by atoms with E-state index in [2.05, 4.69) is 59.7 Å². The van der Waals surface area contributed by atoms with Crippen LogP contribution in [-0.4, -0.2) is 19.3 Å². The molecule has 0 radical (unpaired) electrons. The van der Waals surface area contributed by atoms with Gasteiger partial charge >= 0.3 is 0 Å². The summed E-state index contributed by atoms with van der Waals surface area (Å²) in [5.41, 5.74) is 2.89. The lowest BCUT2D eigenvalue weighted by atomic mass is 9.75. The minimum Gasteiger partial charge on any atom is -0.490 e. The molecule has 1 aliphatic heterocycles. The standard InChI is InChI=1S/C17H26O2/c1-16(2,3)13-8-7-9-14(15(13)17(4,5)6)19-11-12-10-18-12/h7-9,12H,10-11H2,1-6H3. The van der Waals surface area contributed by atoms with Gasteiger partial charge in [-0.3, -0.25) is 0 Å². The van der Waals surface area contributed by atoms with Crippen LogP contribution in [0.2, 0.25) is 0 Å². The van der Waals surface area contributed by atoms with Gasteiger partial charge in [0.15, 0.2) is 0 Å². The van der Waals surface area contributed by atoms with Crippen LogP contribution in [0.4, 0.5) is 0 Å². The highest BCUT2D eigenvalue weighted by atomic mass is 16.6. The van der Waals surface area contributed by atoms with E-state index in [1.54, 1.807) is 0 Å². The van der Waals surface area contributed by atoms with E-state index in [4.69, 9.17) is 9.47 Å². The highest BCUT2D eigenvalue weighted by molar-refractivity contribution is 5.47. The number of hydrogen-bond acceptors (Lipinski definition) is 2. The molecule has 2 heteroatoms. The average Bonchev–Trinajstić information content (AvgIpc) is 3.07. The molecule has 0 spiro atoms. The van der Waals surface area contributed by atoms with Crippen molar-refractivity contribution in [2.75, 3.05) is 13.2 Å². The van der Waals surface area contributed by atoms with E-state index in [1.807, 2.05) is 0 Å². The minimum absolute atomic E-state index is 0.0730. The summed E-state index contributed by atoms with van der Waals surface area (Å²) in [6.45, 7) is 15.0. The molecule has 0 N–H and O–H groups in total. The summed E-state index contributed by atoms with van der Waals surface area (Å²) in [6.07, 6.45) is 0.297. The van der Waals surface area contributed by atoms with Gasteiger partial charge in [0.1, 0.15) is 18.5 Å². The zero-order chi connectivity index (χ0) is 14.3. The molecule has 1 atom stereocenters. The maximum atomic E-state index is 6.00. The highest BCUT2D eigenvalue weighted by Gasteiger charge is 2.29. The zero-order valence-corrected chi connectivity index (χ0v) is 13.0. The summed E-state index contributed by atoms with van der Waals surface area (Å²) >= 11 is 0. The van der Waals surface area contributed by atoms with Gasteiger partial charge < -0.3 is 9.47 Å². The third-order valence-electron chi connectivity index (χ3n) is 3.41. The van der Waals surface area contributed by atoms with Gasteiger partial charge in [-0.05, 0) is 22.5 Å². The van der Waals surface area contributed by atoms with Crippen molar-refractivity contribution in [2.24, 2.45) is 0 Å². The Morgan fingerprint density at radius 1 is 1.11 bits per heavy atom. The van der Waals surface area contributed by atoms with E-state index < -0.39 is 0 Å². The van der Waals surface area contributed by atoms with Crippen LogP contribution in [0.15, 0.2) is 18.2 Å². The molecule has 2 rings (SSSR count). The predicted molar refractivity (Wildman–Crippen MR) is 79.1 cm³/mol. The fourth-order valence-electron chi connectivity index (χ4n) is 2.40. The van der Waals surface area contributed by atoms with Crippen LogP contribution < -0.4 is 4.74 Å². The van der Waals surface area contributed by atoms with E-state index in [1.165, 1.54) is 11.1 Å². The van der Waals surface area contributed by atoms with Crippen LogP contribution >= 0.6 is 0 Å². The van der Waals surface area contributed by atoms with Crippen LogP contribution in [-0.2, 0) is 15.6 Å². The van der Waals surface area contributed by atoms with Crippen molar-refractivity contribution in [3.63, 3.8) is 0 Å². The first-order valence-electron chi connectivity index (χ1n) is 7.08. The molecule has 0 aromatic heterocycles. The van der Waals surface area contributed by atoms with Gasteiger partial charge in [0.05, 0.1) is 6.61 Å². The number of hydrogen-bond donors (Lipinski definition) is 0. The smallest absolute Gasteiger partial charge is 0.123 e. The summed E-state index contributed by atoms with van der Waals surface area (Å²) < 4.78 is 11.2. The van der Waals surface area contributed by atoms with Crippen LogP contribution in [0.3, 0.4) is 0 Å². The van der Waals surface area contributed by atoms with Gasteiger partial charge in [-0.15, -0.1) is 0 Å². The van der Waals surface area contributed by atoms with Crippen LogP contribution in [0.1, 0.15) is 52.7 Å². The van der Waals surface area contributed by atoms with Crippen molar-refractivity contribution >= 4 is 0 Å². The molecule has 0 bridgehead atoms. The lowest BCUT2D eigenvalue weighted by Crippen LogP contribution is -2.23. The molecule has 1 unspecified atom stereocenters. The predicted octanol–water partition coefficient (Wildman–Crippen LogP) is 4.06. The van der Waals surface area contributed by atoms with E-state index >= 15 is 0 Å². The Hall–Kier alpha value is -1.02. The monoisotopic (exact) mass is 262 g/mol. The molecule has 2 nitrogen and oxygen atoms in total. The largest absolute Gasteiger partial charge is 0.490 e. The van der Waals surface area contributed by atoms with Crippen molar-refractivity contribution in [2.45, 2.75) is 58.5 Å². The molecule has 1 fully saturated rings. The molecule has 0 saturated carbocycles. The van der Waals surface area contributed by atoms with E-state index in [0.29, 0.717) is 12.7 Å². The number of ether oxygens (including phenoxy) is 2.